The van der Waals surface area contributed by atoms with E-state index in [0.717, 1.165) is 13.1 Å². The van der Waals surface area contributed by atoms with Crippen molar-refractivity contribution in [1.82, 2.24) is 5.32 Å². The number of anilines is 1. The Morgan fingerprint density at radius 2 is 2.31 bits per heavy atom. The molecule has 1 N–H and O–H groups in total. The van der Waals surface area contributed by atoms with Crippen molar-refractivity contribution in [1.29, 1.82) is 0 Å². The van der Waals surface area contributed by atoms with E-state index in [1.807, 2.05) is 18.8 Å². The van der Waals surface area contributed by atoms with E-state index in [2.05, 4.69) is 42.3 Å². The molecule has 3 heteroatoms. The minimum absolute atomic E-state index is 0.632. The van der Waals surface area contributed by atoms with Crippen LogP contribution >= 0.6 is 11.8 Å². The summed E-state index contributed by atoms with van der Waals surface area (Å²) in [4.78, 5) is 3.95. The number of nitrogens with one attached hydrogen (secondary N) is 1. The molecule has 1 unspecified atom stereocenters. The Balaban J connectivity index is 2.27. The maximum atomic E-state index is 3.23. The van der Waals surface area contributed by atoms with Gasteiger partial charge < -0.3 is 10.2 Å². The molecule has 0 bridgehead atoms. The molecule has 1 heterocycles. The fourth-order valence-corrected chi connectivity index (χ4v) is 3.17. The third kappa shape index (κ3) is 2.36. The molecule has 0 spiro atoms. The number of hydrogen-bond donors (Lipinski definition) is 1. The van der Waals surface area contributed by atoms with E-state index in [0.29, 0.717) is 6.04 Å². The first-order chi connectivity index (χ1) is 7.72. The first-order valence-electron chi connectivity index (χ1n) is 5.87. The lowest BCUT2D eigenvalue weighted by Crippen LogP contribution is -2.41. The maximum absolute atomic E-state index is 3.23. The van der Waals surface area contributed by atoms with Crippen molar-refractivity contribution in [3.63, 3.8) is 0 Å². The van der Waals surface area contributed by atoms with Crippen molar-refractivity contribution >= 4 is 17.4 Å². The Bertz CT molecular complexity index is 365. The van der Waals surface area contributed by atoms with E-state index in [1.165, 1.54) is 21.9 Å². The molecule has 0 radical (unpaired) electrons. The molecule has 0 saturated carbocycles. The summed E-state index contributed by atoms with van der Waals surface area (Å²) in [5.74, 6) is 1.19. The average Bonchev–Trinajstić information content (AvgIpc) is 2.28. The molecule has 0 saturated heterocycles. The zero-order valence-electron chi connectivity index (χ0n) is 10.3. The number of likely N-dealkylation sites (N-methyl/N-ethyl adjacent to an activating group) is 1. The second-order valence-electron chi connectivity index (χ2n) is 4.43. The SMILES string of the molecule is CNCCN1c2cc(C)ccc2SCC1C. The van der Waals surface area contributed by atoms with Crippen LogP contribution in [0.5, 0.6) is 0 Å². The predicted molar refractivity (Wildman–Crippen MR) is 72.6 cm³/mol. The number of rotatable bonds is 3. The Hall–Kier alpha value is -0.670. The topological polar surface area (TPSA) is 15.3 Å². The molecule has 2 rings (SSSR count). The standard InChI is InChI=1S/C13H20N2S/c1-10-4-5-13-12(8-10)15(7-6-14-3)11(2)9-16-13/h4-5,8,11,14H,6-7,9H2,1-3H3. The van der Waals surface area contributed by atoms with Crippen LogP contribution < -0.4 is 10.2 Å². The molecule has 0 fully saturated rings. The Morgan fingerprint density at radius 1 is 1.50 bits per heavy atom. The lowest BCUT2D eigenvalue weighted by Gasteiger charge is -2.36. The molecule has 1 atom stereocenters. The van der Waals surface area contributed by atoms with Gasteiger partial charge in [0, 0.05) is 29.8 Å². The Kier molecular flexibility index (Phi) is 3.77. The monoisotopic (exact) mass is 236 g/mol. The summed E-state index contributed by atoms with van der Waals surface area (Å²) in [6.07, 6.45) is 0. The molecule has 0 aliphatic carbocycles. The minimum atomic E-state index is 0.632. The van der Waals surface area contributed by atoms with Gasteiger partial charge in [-0.3, -0.25) is 0 Å². The molecule has 1 aliphatic heterocycles. The maximum Gasteiger partial charge on any atom is 0.0510 e. The largest absolute Gasteiger partial charge is 0.366 e. The fourth-order valence-electron chi connectivity index (χ4n) is 2.08. The van der Waals surface area contributed by atoms with Gasteiger partial charge in [-0.05, 0) is 38.6 Å². The van der Waals surface area contributed by atoms with Gasteiger partial charge in [-0.2, -0.15) is 0 Å². The summed E-state index contributed by atoms with van der Waals surface area (Å²) < 4.78 is 0. The van der Waals surface area contributed by atoms with Crippen molar-refractivity contribution in [2.24, 2.45) is 0 Å². The molecular weight excluding hydrogens is 216 g/mol. The van der Waals surface area contributed by atoms with Gasteiger partial charge in [-0.1, -0.05) is 6.07 Å². The molecule has 0 amide bonds. The molecule has 2 nitrogen and oxygen atoms in total. The van der Waals surface area contributed by atoms with Crippen molar-refractivity contribution < 1.29 is 0 Å². The minimum Gasteiger partial charge on any atom is -0.366 e. The van der Waals surface area contributed by atoms with E-state index >= 15 is 0 Å². The number of aryl methyl sites for hydroxylation is 1. The van der Waals surface area contributed by atoms with Gasteiger partial charge in [0.2, 0.25) is 0 Å². The second kappa shape index (κ2) is 5.11. The predicted octanol–water partition coefficient (Wildman–Crippen LogP) is 2.52. The molecule has 0 aromatic heterocycles. The molecule has 1 aliphatic rings. The summed E-state index contributed by atoms with van der Waals surface area (Å²) in [7, 11) is 2.01. The zero-order valence-corrected chi connectivity index (χ0v) is 11.1. The van der Waals surface area contributed by atoms with E-state index in [4.69, 9.17) is 0 Å². The number of thioether (sulfide) groups is 1. The summed E-state index contributed by atoms with van der Waals surface area (Å²) >= 11 is 1.98. The van der Waals surface area contributed by atoms with Crippen LogP contribution in [0, 0.1) is 6.92 Å². The summed E-state index contributed by atoms with van der Waals surface area (Å²) in [6, 6.07) is 7.41. The first-order valence-corrected chi connectivity index (χ1v) is 6.85. The van der Waals surface area contributed by atoms with E-state index in [9.17, 15) is 0 Å². The van der Waals surface area contributed by atoms with Crippen molar-refractivity contribution in [3.8, 4) is 0 Å². The molecular formula is C13H20N2S. The number of fused-ring (bicyclic) bond motifs is 1. The van der Waals surface area contributed by atoms with Crippen LogP contribution in [0.15, 0.2) is 23.1 Å². The van der Waals surface area contributed by atoms with Gasteiger partial charge >= 0.3 is 0 Å². The zero-order chi connectivity index (χ0) is 11.5. The average molecular weight is 236 g/mol. The number of nitrogens with zero attached hydrogens (tertiary/aromatic N) is 1. The van der Waals surface area contributed by atoms with E-state index < -0.39 is 0 Å². The van der Waals surface area contributed by atoms with E-state index in [1.54, 1.807) is 0 Å². The smallest absolute Gasteiger partial charge is 0.0510 e. The summed E-state index contributed by atoms with van der Waals surface area (Å²) in [5.41, 5.74) is 2.77. The quantitative estimate of drug-likeness (QED) is 0.868. The highest BCUT2D eigenvalue weighted by atomic mass is 32.2. The van der Waals surface area contributed by atoms with Crippen LogP contribution in [0.2, 0.25) is 0 Å². The summed E-state index contributed by atoms with van der Waals surface area (Å²) in [5, 5.41) is 3.23. The fraction of sp³-hybridized carbons (Fsp3) is 0.538. The second-order valence-corrected chi connectivity index (χ2v) is 5.49. The van der Waals surface area contributed by atoms with Crippen LogP contribution in [-0.4, -0.2) is 31.9 Å². The molecule has 16 heavy (non-hydrogen) atoms. The van der Waals surface area contributed by atoms with Crippen LogP contribution in [-0.2, 0) is 0 Å². The van der Waals surface area contributed by atoms with Crippen LogP contribution in [0.4, 0.5) is 5.69 Å². The Labute approximate surface area is 102 Å². The first kappa shape index (κ1) is 11.8. The van der Waals surface area contributed by atoms with Crippen LogP contribution in [0.25, 0.3) is 0 Å². The van der Waals surface area contributed by atoms with Gasteiger partial charge in [0.15, 0.2) is 0 Å². The molecule has 88 valence electrons. The van der Waals surface area contributed by atoms with Gasteiger partial charge in [0.1, 0.15) is 0 Å². The number of benzene rings is 1. The third-order valence-electron chi connectivity index (χ3n) is 3.04. The lowest BCUT2D eigenvalue weighted by molar-refractivity contribution is 0.648. The van der Waals surface area contributed by atoms with Gasteiger partial charge in [-0.15, -0.1) is 11.8 Å². The normalized spacial score (nSPS) is 19.7. The Morgan fingerprint density at radius 3 is 3.06 bits per heavy atom. The third-order valence-corrected chi connectivity index (χ3v) is 4.34. The van der Waals surface area contributed by atoms with Crippen molar-refractivity contribution in [3.05, 3.63) is 23.8 Å². The summed E-state index contributed by atoms with van der Waals surface area (Å²) in [6.45, 7) is 6.62. The lowest BCUT2D eigenvalue weighted by atomic mass is 10.1. The number of hydrogen-bond acceptors (Lipinski definition) is 3. The highest BCUT2D eigenvalue weighted by Gasteiger charge is 2.22. The highest BCUT2D eigenvalue weighted by Crippen LogP contribution is 2.37. The van der Waals surface area contributed by atoms with Crippen molar-refractivity contribution in [2.45, 2.75) is 24.8 Å². The van der Waals surface area contributed by atoms with Crippen molar-refractivity contribution in [2.75, 3.05) is 30.8 Å². The van der Waals surface area contributed by atoms with Crippen LogP contribution in [0.3, 0.4) is 0 Å². The van der Waals surface area contributed by atoms with Gasteiger partial charge in [-0.25, -0.2) is 0 Å². The van der Waals surface area contributed by atoms with E-state index in [-0.39, 0.29) is 0 Å². The molecule has 1 aromatic carbocycles. The van der Waals surface area contributed by atoms with Crippen LogP contribution in [0.1, 0.15) is 12.5 Å². The van der Waals surface area contributed by atoms with Gasteiger partial charge in [0.05, 0.1) is 5.69 Å². The molecule has 1 aromatic rings. The highest BCUT2D eigenvalue weighted by molar-refractivity contribution is 7.99. The van der Waals surface area contributed by atoms with Gasteiger partial charge in [0.25, 0.3) is 0 Å².